The van der Waals surface area contributed by atoms with Gasteiger partial charge in [0.05, 0.1) is 29.3 Å². The van der Waals surface area contributed by atoms with Gasteiger partial charge in [0.15, 0.2) is 15.0 Å². The first-order valence-electron chi connectivity index (χ1n) is 8.22. The monoisotopic (exact) mass is 412 g/mol. The van der Waals surface area contributed by atoms with E-state index in [2.05, 4.69) is 4.99 Å². The Morgan fingerprint density at radius 2 is 1.85 bits per heavy atom. The highest BCUT2D eigenvalue weighted by molar-refractivity contribution is 8.13. The molecule has 2 atom stereocenters. The van der Waals surface area contributed by atoms with Crippen LogP contribution in [0.25, 0.3) is 0 Å². The van der Waals surface area contributed by atoms with E-state index >= 15 is 0 Å². The Bertz CT molecular complexity index is 1030. The van der Waals surface area contributed by atoms with Gasteiger partial charge in [0.1, 0.15) is 17.5 Å². The van der Waals surface area contributed by atoms with Gasteiger partial charge in [-0.1, -0.05) is 23.9 Å². The number of benzene rings is 2. The molecule has 2 aromatic carbocycles. The number of nitrogens with zero attached hydrogens (tertiary/aromatic N) is 2. The molecule has 1 saturated heterocycles. The molecule has 4 nitrogen and oxygen atoms in total. The largest absolute Gasteiger partial charge is 0.312 e. The van der Waals surface area contributed by atoms with Crippen molar-refractivity contribution in [1.82, 2.24) is 0 Å². The molecule has 0 aliphatic carbocycles. The molecule has 2 aromatic rings. The molecule has 142 valence electrons. The molecule has 0 unspecified atom stereocenters. The summed E-state index contributed by atoms with van der Waals surface area (Å²) in [6, 6.07) is 8.27. The van der Waals surface area contributed by atoms with Crippen molar-refractivity contribution >= 4 is 32.5 Å². The van der Waals surface area contributed by atoms with Gasteiger partial charge in [0.2, 0.25) is 0 Å². The Hall–Kier alpha value is -2.00. The summed E-state index contributed by atoms with van der Waals surface area (Å²) < 4.78 is 65.0. The van der Waals surface area contributed by atoms with E-state index in [4.69, 9.17) is 0 Å². The predicted octanol–water partition coefficient (Wildman–Crippen LogP) is 3.38. The molecule has 0 N–H and O–H groups in total. The first-order chi connectivity index (χ1) is 12.8. The van der Waals surface area contributed by atoms with Crippen LogP contribution in [0.2, 0.25) is 0 Å². The average molecular weight is 412 g/mol. The second-order valence-electron chi connectivity index (χ2n) is 6.51. The molecule has 2 heterocycles. The van der Waals surface area contributed by atoms with Crippen LogP contribution in [0.1, 0.15) is 5.56 Å². The van der Waals surface area contributed by atoms with Crippen LogP contribution in [0.15, 0.2) is 47.5 Å². The van der Waals surface area contributed by atoms with Crippen LogP contribution >= 0.6 is 11.8 Å². The molecule has 27 heavy (non-hydrogen) atoms. The number of hydrogen-bond donors (Lipinski definition) is 0. The Labute approximate surface area is 159 Å². The molecule has 2 aliphatic heterocycles. The maximum absolute atomic E-state index is 14.4. The van der Waals surface area contributed by atoms with Gasteiger partial charge in [-0.25, -0.2) is 21.6 Å². The van der Waals surface area contributed by atoms with Crippen LogP contribution in [0, 0.1) is 17.5 Å². The fraction of sp³-hybridized carbons (Fsp3) is 0.278. The lowest BCUT2D eigenvalue weighted by Crippen LogP contribution is -2.39. The van der Waals surface area contributed by atoms with Gasteiger partial charge in [-0.2, -0.15) is 0 Å². The Morgan fingerprint density at radius 3 is 2.59 bits per heavy atom. The maximum atomic E-state index is 14.4. The summed E-state index contributed by atoms with van der Waals surface area (Å²) in [5.74, 6) is -1.69. The lowest BCUT2D eigenvalue weighted by atomic mass is 10.1. The van der Waals surface area contributed by atoms with Crippen molar-refractivity contribution in [2.45, 2.75) is 17.8 Å². The third kappa shape index (κ3) is 3.70. The Kier molecular flexibility index (Phi) is 4.67. The minimum Gasteiger partial charge on any atom is -0.312 e. The number of anilines is 1. The summed E-state index contributed by atoms with van der Waals surface area (Å²) in [4.78, 5) is 6.01. The first-order valence-corrected chi connectivity index (χ1v) is 11.0. The van der Waals surface area contributed by atoms with Gasteiger partial charge in [-0.3, -0.25) is 4.99 Å². The molecule has 0 amide bonds. The molecule has 2 aliphatic rings. The zero-order chi connectivity index (χ0) is 19.2. The first kappa shape index (κ1) is 18.4. The number of amidine groups is 1. The normalized spacial score (nSPS) is 23.4. The fourth-order valence-electron chi connectivity index (χ4n) is 3.37. The summed E-state index contributed by atoms with van der Waals surface area (Å²) >= 11 is 1.27. The van der Waals surface area contributed by atoms with Crippen molar-refractivity contribution in [2.24, 2.45) is 4.99 Å². The second kappa shape index (κ2) is 6.87. The third-order valence-corrected chi connectivity index (χ3v) is 7.27. The van der Waals surface area contributed by atoms with E-state index < -0.39 is 33.6 Å². The lowest BCUT2D eigenvalue weighted by molar-refractivity contribution is 0.577. The minimum atomic E-state index is -3.27. The quantitative estimate of drug-likeness (QED) is 0.776. The van der Waals surface area contributed by atoms with Gasteiger partial charge in [0, 0.05) is 11.8 Å². The molecular formula is C18H15F3N2O2S2. The summed E-state index contributed by atoms with van der Waals surface area (Å²) in [5, 5.41) is 0.453. The molecular weight excluding hydrogens is 397 g/mol. The number of thioether (sulfide) groups is 1. The average Bonchev–Trinajstić information content (AvgIpc) is 3.05. The Balaban J connectivity index is 1.65. The molecule has 4 rings (SSSR count). The Morgan fingerprint density at radius 1 is 1.07 bits per heavy atom. The number of aliphatic imine (C=N–C) groups is 1. The van der Waals surface area contributed by atoms with Crippen molar-refractivity contribution in [3.63, 3.8) is 0 Å². The standard InChI is InChI=1S/C18H15F3N2O2S2/c19-12-3-1-2-11(6-12)8-26-18-22-15-9-27(24,25)10-17(15)23(18)16-5-4-13(20)7-14(16)21/h1-7,15,17H,8-10H2/t15-,17-/m0/s1. The van der Waals surface area contributed by atoms with E-state index in [1.165, 1.54) is 34.9 Å². The van der Waals surface area contributed by atoms with Crippen LogP contribution < -0.4 is 4.90 Å². The predicted molar refractivity (Wildman–Crippen MR) is 100 cm³/mol. The van der Waals surface area contributed by atoms with E-state index in [0.717, 1.165) is 17.7 Å². The summed E-state index contributed by atoms with van der Waals surface area (Å²) in [6.07, 6.45) is 0. The molecule has 0 saturated carbocycles. The van der Waals surface area contributed by atoms with Crippen LogP contribution in [-0.4, -0.2) is 37.2 Å². The highest BCUT2D eigenvalue weighted by Gasteiger charge is 2.47. The van der Waals surface area contributed by atoms with Crippen molar-refractivity contribution in [2.75, 3.05) is 16.4 Å². The number of fused-ring (bicyclic) bond motifs is 1. The smallest absolute Gasteiger partial charge is 0.164 e. The van der Waals surface area contributed by atoms with Crippen molar-refractivity contribution < 1.29 is 21.6 Å². The molecule has 9 heteroatoms. The van der Waals surface area contributed by atoms with Crippen molar-refractivity contribution in [3.8, 4) is 0 Å². The SMILES string of the molecule is O=S1(=O)C[C@@H]2N=C(SCc3cccc(F)c3)N(c3ccc(F)cc3F)[C@H]2C1. The van der Waals surface area contributed by atoms with Crippen molar-refractivity contribution in [3.05, 3.63) is 65.5 Å². The summed E-state index contributed by atoms with van der Waals surface area (Å²) in [7, 11) is -3.27. The molecule has 1 fully saturated rings. The van der Waals surface area contributed by atoms with Crippen LogP contribution in [0.3, 0.4) is 0 Å². The van der Waals surface area contributed by atoms with Crippen LogP contribution in [0.5, 0.6) is 0 Å². The van der Waals surface area contributed by atoms with Crippen LogP contribution in [0.4, 0.5) is 18.9 Å². The van der Waals surface area contributed by atoms with Gasteiger partial charge in [-0.05, 0) is 29.8 Å². The van der Waals surface area contributed by atoms with Gasteiger partial charge >= 0.3 is 0 Å². The zero-order valence-electron chi connectivity index (χ0n) is 14.0. The topological polar surface area (TPSA) is 49.7 Å². The highest BCUT2D eigenvalue weighted by atomic mass is 32.2. The van der Waals surface area contributed by atoms with Crippen LogP contribution in [-0.2, 0) is 15.6 Å². The maximum Gasteiger partial charge on any atom is 0.164 e. The number of hydrogen-bond acceptors (Lipinski definition) is 5. The molecule has 0 aromatic heterocycles. The lowest BCUT2D eigenvalue weighted by Gasteiger charge is -2.26. The van der Waals surface area contributed by atoms with Gasteiger partial charge in [0.25, 0.3) is 0 Å². The summed E-state index contributed by atoms with van der Waals surface area (Å²) in [6.45, 7) is 0. The third-order valence-electron chi connectivity index (χ3n) is 4.53. The number of sulfone groups is 1. The molecule has 0 spiro atoms. The highest BCUT2D eigenvalue weighted by Crippen LogP contribution is 2.37. The van der Waals surface area contributed by atoms with Gasteiger partial charge in [-0.15, -0.1) is 0 Å². The fourth-order valence-corrected chi connectivity index (χ4v) is 6.27. The number of halogens is 3. The molecule has 0 radical (unpaired) electrons. The molecule has 0 bridgehead atoms. The zero-order valence-corrected chi connectivity index (χ0v) is 15.6. The minimum absolute atomic E-state index is 0.0893. The van der Waals surface area contributed by atoms with Crippen molar-refractivity contribution in [1.29, 1.82) is 0 Å². The van der Waals surface area contributed by atoms with E-state index in [-0.39, 0.29) is 23.0 Å². The van der Waals surface area contributed by atoms with E-state index in [9.17, 15) is 21.6 Å². The summed E-state index contributed by atoms with van der Waals surface area (Å²) in [5.41, 5.74) is 0.818. The van der Waals surface area contributed by atoms with E-state index in [1.54, 1.807) is 12.1 Å². The number of rotatable bonds is 3. The second-order valence-corrected chi connectivity index (χ2v) is 9.60. The van der Waals surface area contributed by atoms with E-state index in [1.807, 2.05) is 0 Å². The van der Waals surface area contributed by atoms with Gasteiger partial charge < -0.3 is 4.90 Å². The van der Waals surface area contributed by atoms with E-state index in [0.29, 0.717) is 10.9 Å².